The lowest BCUT2D eigenvalue weighted by atomic mass is 10.2. The second kappa shape index (κ2) is 8.64. The summed E-state index contributed by atoms with van der Waals surface area (Å²) >= 11 is 6.17. The van der Waals surface area contributed by atoms with E-state index in [-0.39, 0.29) is 0 Å². The molecular weight excluding hydrogens is 404 g/mol. The Labute approximate surface area is 177 Å². The van der Waals surface area contributed by atoms with Crippen LogP contribution < -0.4 is 10.1 Å². The van der Waals surface area contributed by atoms with E-state index in [1.54, 1.807) is 12.5 Å². The minimum atomic E-state index is -1.04. The normalized spacial score (nSPS) is 11.9. The fourth-order valence-electron chi connectivity index (χ4n) is 2.98. The highest BCUT2D eigenvalue weighted by Crippen LogP contribution is 2.28. The number of pyridine rings is 1. The van der Waals surface area contributed by atoms with Crippen molar-refractivity contribution >= 4 is 44.7 Å². The van der Waals surface area contributed by atoms with Crippen molar-refractivity contribution < 1.29 is 8.95 Å². The Balaban J connectivity index is 1.51. The van der Waals surface area contributed by atoms with E-state index in [4.69, 9.17) is 16.3 Å². The third kappa shape index (κ3) is 4.58. The number of hydrogen-bond acceptors (Lipinski definition) is 4. The first-order chi connectivity index (χ1) is 14.1. The van der Waals surface area contributed by atoms with Crippen molar-refractivity contribution in [2.75, 3.05) is 11.6 Å². The molecule has 0 spiro atoms. The van der Waals surface area contributed by atoms with Crippen molar-refractivity contribution in [3.8, 4) is 5.75 Å². The molecule has 146 valence electrons. The maximum absolute atomic E-state index is 11.8. The summed E-state index contributed by atoms with van der Waals surface area (Å²) in [7, 11) is -1.04. The van der Waals surface area contributed by atoms with Crippen molar-refractivity contribution in [2.24, 2.45) is 0 Å². The number of halogens is 1. The highest BCUT2D eigenvalue weighted by atomic mass is 35.5. The van der Waals surface area contributed by atoms with Crippen LogP contribution in [0.3, 0.4) is 0 Å². The van der Waals surface area contributed by atoms with Gasteiger partial charge in [0.25, 0.3) is 0 Å². The van der Waals surface area contributed by atoms with Crippen LogP contribution in [0.4, 0.5) is 11.4 Å². The Bertz CT molecular complexity index is 1180. The lowest BCUT2D eigenvalue weighted by molar-refractivity contribution is 0.306. The van der Waals surface area contributed by atoms with Gasteiger partial charge in [-0.15, -0.1) is 0 Å². The summed E-state index contributed by atoms with van der Waals surface area (Å²) in [5, 5.41) is 5.03. The number of nitrogens with one attached hydrogen (secondary N) is 1. The standard InChI is InChI=1S/C23H19ClN2O2S/c1-29(27)19-10-11-22-20(14-19)23(12-13-25-22)26-17-6-8-18(9-7-17)28-15-16-4-2-3-5-21(16)24/h2-14H,15H2,1H3,(H,25,26). The third-order valence-corrected chi connectivity index (χ3v) is 5.82. The number of fused-ring (bicyclic) bond motifs is 1. The predicted octanol–water partition coefficient (Wildman–Crippen LogP) is 5.95. The van der Waals surface area contributed by atoms with Crippen LogP contribution in [0.1, 0.15) is 5.56 Å². The molecule has 1 heterocycles. The lowest BCUT2D eigenvalue weighted by Gasteiger charge is -2.12. The fraction of sp³-hybridized carbons (Fsp3) is 0.0870. The van der Waals surface area contributed by atoms with Crippen molar-refractivity contribution in [1.29, 1.82) is 0 Å². The highest BCUT2D eigenvalue weighted by molar-refractivity contribution is 7.84. The maximum Gasteiger partial charge on any atom is 0.119 e. The van der Waals surface area contributed by atoms with E-state index in [0.29, 0.717) is 11.6 Å². The smallest absolute Gasteiger partial charge is 0.119 e. The number of benzene rings is 3. The molecule has 4 aromatic rings. The molecule has 0 aliphatic heterocycles. The highest BCUT2D eigenvalue weighted by Gasteiger charge is 2.06. The Hall–Kier alpha value is -2.89. The molecule has 1 N–H and O–H groups in total. The van der Waals surface area contributed by atoms with Crippen LogP contribution in [0.15, 0.2) is 83.9 Å². The molecule has 0 radical (unpaired) electrons. The van der Waals surface area contributed by atoms with E-state index in [1.807, 2.05) is 72.8 Å². The SMILES string of the molecule is CS(=O)c1ccc2nccc(Nc3ccc(OCc4ccccc4Cl)cc3)c2c1. The van der Waals surface area contributed by atoms with Gasteiger partial charge in [-0.05, 0) is 54.6 Å². The zero-order valence-electron chi connectivity index (χ0n) is 15.8. The molecule has 6 heteroatoms. The van der Waals surface area contributed by atoms with E-state index < -0.39 is 10.8 Å². The Morgan fingerprint density at radius 1 is 1.03 bits per heavy atom. The average molecular weight is 423 g/mol. The monoisotopic (exact) mass is 422 g/mol. The maximum atomic E-state index is 11.8. The molecule has 29 heavy (non-hydrogen) atoms. The number of ether oxygens (including phenoxy) is 1. The number of hydrogen-bond donors (Lipinski definition) is 1. The van der Waals surface area contributed by atoms with Gasteiger partial charge in [0, 0.05) is 55.5 Å². The average Bonchev–Trinajstić information content (AvgIpc) is 2.74. The van der Waals surface area contributed by atoms with E-state index in [1.165, 1.54) is 0 Å². The first-order valence-electron chi connectivity index (χ1n) is 9.05. The van der Waals surface area contributed by atoms with Gasteiger partial charge in [-0.3, -0.25) is 9.19 Å². The summed E-state index contributed by atoms with van der Waals surface area (Å²) in [6.45, 7) is 0.415. The van der Waals surface area contributed by atoms with Gasteiger partial charge in [0.2, 0.25) is 0 Å². The molecule has 1 unspecified atom stereocenters. The van der Waals surface area contributed by atoms with Crippen molar-refractivity contribution in [2.45, 2.75) is 11.5 Å². The first kappa shape index (κ1) is 19.4. The summed E-state index contributed by atoms with van der Waals surface area (Å²) in [5.74, 6) is 0.763. The van der Waals surface area contributed by atoms with Crippen molar-refractivity contribution in [1.82, 2.24) is 4.98 Å². The largest absolute Gasteiger partial charge is 0.489 e. The van der Waals surface area contributed by atoms with Crippen LogP contribution in [0, 0.1) is 0 Å². The van der Waals surface area contributed by atoms with E-state index >= 15 is 0 Å². The van der Waals surface area contributed by atoms with Gasteiger partial charge in [-0.2, -0.15) is 0 Å². The van der Waals surface area contributed by atoms with Crippen LogP contribution >= 0.6 is 11.6 Å². The van der Waals surface area contributed by atoms with Crippen LogP contribution in [0.25, 0.3) is 10.9 Å². The lowest BCUT2D eigenvalue weighted by Crippen LogP contribution is -1.97. The zero-order chi connectivity index (χ0) is 20.2. The first-order valence-corrected chi connectivity index (χ1v) is 11.0. The van der Waals surface area contributed by atoms with Crippen LogP contribution in [-0.2, 0) is 17.4 Å². The molecule has 0 amide bonds. The van der Waals surface area contributed by atoms with E-state index in [2.05, 4.69) is 10.3 Å². The number of anilines is 2. The molecule has 0 saturated carbocycles. The molecule has 0 aliphatic rings. The van der Waals surface area contributed by atoms with Crippen LogP contribution in [0.2, 0.25) is 5.02 Å². The second-order valence-corrected chi connectivity index (χ2v) is 8.31. The van der Waals surface area contributed by atoms with Crippen molar-refractivity contribution in [3.05, 3.63) is 89.6 Å². The van der Waals surface area contributed by atoms with Gasteiger partial charge >= 0.3 is 0 Å². The fourth-order valence-corrected chi connectivity index (χ4v) is 3.71. The molecule has 0 aliphatic carbocycles. The summed E-state index contributed by atoms with van der Waals surface area (Å²) in [6.07, 6.45) is 3.43. The van der Waals surface area contributed by atoms with Crippen LogP contribution in [-0.4, -0.2) is 15.4 Å². The molecule has 0 saturated heterocycles. The molecule has 4 rings (SSSR count). The summed E-state index contributed by atoms with van der Waals surface area (Å²) in [6, 6.07) is 22.9. The number of rotatable bonds is 6. The Kier molecular flexibility index (Phi) is 5.79. The molecule has 3 aromatic carbocycles. The van der Waals surface area contributed by atoms with Gasteiger partial charge in [0.1, 0.15) is 12.4 Å². The number of aromatic nitrogens is 1. The van der Waals surface area contributed by atoms with E-state index in [9.17, 15) is 4.21 Å². The van der Waals surface area contributed by atoms with Gasteiger partial charge in [-0.1, -0.05) is 29.8 Å². The minimum Gasteiger partial charge on any atom is -0.489 e. The predicted molar refractivity (Wildman–Crippen MR) is 120 cm³/mol. The topological polar surface area (TPSA) is 51.2 Å². The van der Waals surface area contributed by atoms with Gasteiger partial charge in [0.15, 0.2) is 0 Å². The quantitative estimate of drug-likeness (QED) is 0.417. The Morgan fingerprint density at radius 2 is 1.83 bits per heavy atom. The molecule has 1 atom stereocenters. The second-order valence-electron chi connectivity index (χ2n) is 6.52. The van der Waals surface area contributed by atoms with E-state index in [0.717, 1.165) is 38.5 Å². The molecule has 4 nitrogen and oxygen atoms in total. The molecule has 1 aromatic heterocycles. The van der Waals surface area contributed by atoms with Gasteiger partial charge in [-0.25, -0.2) is 0 Å². The summed E-state index contributed by atoms with van der Waals surface area (Å²) in [4.78, 5) is 5.16. The van der Waals surface area contributed by atoms with Gasteiger partial charge in [0.05, 0.1) is 5.52 Å². The summed E-state index contributed by atoms with van der Waals surface area (Å²) < 4.78 is 17.7. The Morgan fingerprint density at radius 3 is 2.59 bits per heavy atom. The van der Waals surface area contributed by atoms with Gasteiger partial charge < -0.3 is 10.1 Å². The molecule has 0 fully saturated rings. The molecular formula is C23H19ClN2O2S. The minimum absolute atomic E-state index is 0.415. The zero-order valence-corrected chi connectivity index (χ0v) is 17.3. The summed E-state index contributed by atoms with van der Waals surface area (Å²) in [5.41, 5.74) is 3.63. The third-order valence-electron chi connectivity index (χ3n) is 4.53. The van der Waals surface area contributed by atoms with Crippen molar-refractivity contribution in [3.63, 3.8) is 0 Å². The van der Waals surface area contributed by atoms with Crippen LogP contribution in [0.5, 0.6) is 5.75 Å². The molecule has 0 bridgehead atoms. The number of nitrogens with zero attached hydrogens (tertiary/aromatic N) is 1.